The Balaban J connectivity index is 1.84. The molecule has 0 atom stereocenters. The number of phenolic OH excluding ortho intramolecular Hbond substituents is 1. The van der Waals surface area contributed by atoms with Crippen molar-refractivity contribution in [3.63, 3.8) is 0 Å². The number of allylic oxidation sites excluding steroid dienone is 1. The number of hydrogen-bond acceptors (Lipinski definition) is 5. The van der Waals surface area contributed by atoms with Crippen LogP contribution in [0.1, 0.15) is 56.1 Å². The third kappa shape index (κ3) is 7.23. The molecule has 0 saturated heterocycles. The SMILES string of the molecule is CC(C)=COCCOCCOc1ccc(C(=O)c2ccc(C(C)(C)C)cc2O)cc1. The standard InChI is InChI=1S/C25H32O5/c1-18(2)17-29-13-12-28-14-15-30-21-9-6-19(7-10-21)24(27)22-11-8-20(16-23(22)26)25(3,4)5/h6-11,16-17,26H,12-15H2,1-5H3. The molecule has 0 spiro atoms. The van der Waals surface area contributed by atoms with Crippen molar-refractivity contribution in [2.24, 2.45) is 0 Å². The maximum Gasteiger partial charge on any atom is 0.196 e. The van der Waals surface area contributed by atoms with E-state index in [9.17, 15) is 9.90 Å². The molecule has 30 heavy (non-hydrogen) atoms. The average molecular weight is 413 g/mol. The summed E-state index contributed by atoms with van der Waals surface area (Å²) in [6, 6.07) is 12.1. The molecule has 5 nitrogen and oxygen atoms in total. The minimum Gasteiger partial charge on any atom is -0.507 e. The summed E-state index contributed by atoms with van der Waals surface area (Å²) in [5, 5.41) is 10.3. The quantitative estimate of drug-likeness (QED) is 0.328. The number of ketones is 1. The lowest BCUT2D eigenvalue weighted by atomic mass is 9.86. The van der Waals surface area contributed by atoms with Gasteiger partial charge in [0, 0.05) is 5.56 Å². The van der Waals surface area contributed by atoms with Crippen molar-refractivity contribution in [1.29, 1.82) is 0 Å². The van der Waals surface area contributed by atoms with E-state index >= 15 is 0 Å². The van der Waals surface area contributed by atoms with Gasteiger partial charge in [0.15, 0.2) is 5.78 Å². The first-order chi connectivity index (χ1) is 14.2. The lowest BCUT2D eigenvalue weighted by Crippen LogP contribution is -2.12. The fourth-order valence-corrected chi connectivity index (χ4v) is 2.70. The van der Waals surface area contributed by atoms with Crippen molar-refractivity contribution in [1.82, 2.24) is 0 Å². The summed E-state index contributed by atoms with van der Waals surface area (Å²) in [5.41, 5.74) is 2.78. The minimum atomic E-state index is -0.223. The van der Waals surface area contributed by atoms with Crippen molar-refractivity contribution < 1.29 is 24.1 Å². The van der Waals surface area contributed by atoms with E-state index in [1.54, 1.807) is 42.7 Å². The molecule has 2 rings (SSSR count). The Kier molecular flexibility index (Phi) is 8.48. The Morgan fingerprint density at radius 2 is 1.63 bits per heavy atom. The average Bonchev–Trinajstić information content (AvgIpc) is 2.69. The summed E-state index contributed by atoms with van der Waals surface area (Å²) in [5.74, 6) is 0.431. The molecule has 0 radical (unpaired) electrons. The van der Waals surface area contributed by atoms with Gasteiger partial charge in [0.25, 0.3) is 0 Å². The molecular formula is C25H32O5. The van der Waals surface area contributed by atoms with E-state index in [0.717, 1.165) is 11.1 Å². The molecule has 5 heteroatoms. The number of carbonyl (C=O) groups excluding carboxylic acids is 1. The van der Waals surface area contributed by atoms with Crippen LogP contribution in [0, 0.1) is 0 Å². The van der Waals surface area contributed by atoms with E-state index in [1.807, 2.05) is 19.9 Å². The van der Waals surface area contributed by atoms with Gasteiger partial charge in [-0.25, -0.2) is 0 Å². The Labute approximate surface area is 179 Å². The number of benzene rings is 2. The van der Waals surface area contributed by atoms with Gasteiger partial charge in [0.2, 0.25) is 0 Å². The highest BCUT2D eigenvalue weighted by molar-refractivity contribution is 6.10. The molecule has 0 amide bonds. The number of hydrogen-bond donors (Lipinski definition) is 1. The van der Waals surface area contributed by atoms with Crippen molar-refractivity contribution in [2.45, 2.75) is 40.0 Å². The number of ether oxygens (including phenoxy) is 3. The van der Waals surface area contributed by atoms with Gasteiger partial charge in [-0.2, -0.15) is 0 Å². The minimum absolute atomic E-state index is 0.00142. The van der Waals surface area contributed by atoms with Crippen LogP contribution in [-0.4, -0.2) is 37.3 Å². The summed E-state index contributed by atoms with van der Waals surface area (Å²) in [6.07, 6.45) is 1.71. The van der Waals surface area contributed by atoms with Crippen LogP contribution in [-0.2, 0) is 14.9 Å². The Morgan fingerprint density at radius 3 is 2.23 bits per heavy atom. The van der Waals surface area contributed by atoms with Crippen LogP contribution in [0.15, 0.2) is 54.3 Å². The third-order valence-corrected chi connectivity index (χ3v) is 4.39. The summed E-state index contributed by atoms with van der Waals surface area (Å²) in [6.45, 7) is 12.0. The molecule has 0 saturated carbocycles. The molecule has 0 fully saturated rings. The largest absolute Gasteiger partial charge is 0.507 e. The Hall–Kier alpha value is -2.79. The first-order valence-corrected chi connectivity index (χ1v) is 10.1. The summed E-state index contributed by atoms with van der Waals surface area (Å²) >= 11 is 0. The molecule has 0 bridgehead atoms. The smallest absolute Gasteiger partial charge is 0.196 e. The predicted octanol–water partition coefficient (Wildman–Crippen LogP) is 5.26. The van der Waals surface area contributed by atoms with E-state index in [0.29, 0.717) is 43.3 Å². The number of phenols is 1. The molecule has 0 aliphatic heterocycles. The molecule has 0 aromatic heterocycles. The van der Waals surface area contributed by atoms with Crippen LogP contribution in [0.5, 0.6) is 11.5 Å². The van der Waals surface area contributed by atoms with E-state index in [-0.39, 0.29) is 16.9 Å². The van der Waals surface area contributed by atoms with Gasteiger partial charge in [-0.1, -0.05) is 26.8 Å². The third-order valence-electron chi connectivity index (χ3n) is 4.39. The van der Waals surface area contributed by atoms with Gasteiger partial charge in [0.05, 0.1) is 25.0 Å². The Bertz CT molecular complexity index is 856. The van der Waals surface area contributed by atoms with Crippen molar-refractivity contribution in [2.75, 3.05) is 26.4 Å². The number of rotatable bonds is 10. The second-order valence-corrected chi connectivity index (χ2v) is 8.36. The van der Waals surface area contributed by atoms with Gasteiger partial charge in [-0.3, -0.25) is 4.79 Å². The zero-order valence-electron chi connectivity index (χ0n) is 18.5. The van der Waals surface area contributed by atoms with Crippen molar-refractivity contribution in [3.05, 3.63) is 71.0 Å². The topological polar surface area (TPSA) is 65.0 Å². The normalized spacial score (nSPS) is 11.1. The molecule has 0 aliphatic rings. The zero-order chi connectivity index (χ0) is 22.1. The molecular weight excluding hydrogens is 380 g/mol. The van der Waals surface area contributed by atoms with E-state index in [4.69, 9.17) is 14.2 Å². The lowest BCUT2D eigenvalue weighted by molar-refractivity contribution is 0.0648. The van der Waals surface area contributed by atoms with Crippen LogP contribution < -0.4 is 4.74 Å². The zero-order valence-corrected chi connectivity index (χ0v) is 18.5. The summed E-state index contributed by atoms with van der Waals surface area (Å²) in [4.78, 5) is 12.7. The second kappa shape index (κ2) is 10.8. The number of aromatic hydroxyl groups is 1. The van der Waals surface area contributed by atoms with Gasteiger partial charge in [-0.15, -0.1) is 0 Å². The highest BCUT2D eigenvalue weighted by atomic mass is 16.5. The first kappa shape index (κ1) is 23.5. The maximum absolute atomic E-state index is 12.7. The van der Waals surface area contributed by atoms with Crippen LogP contribution in [0.2, 0.25) is 0 Å². The number of carbonyl (C=O) groups is 1. The maximum atomic E-state index is 12.7. The van der Waals surface area contributed by atoms with E-state index in [1.165, 1.54) is 0 Å². The monoisotopic (exact) mass is 412 g/mol. The molecule has 2 aromatic carbocycles. The second-order valence-electron chi connectivity index (χ2n) is 8.36. The lowest BCUT2D eigenvalue weighted by Gasteiger charge is -2.19. The fraction of sp³-hybridized carbons (Fsp3) is 0.400. The molecule has 1 N–H and O–H groups in total. The molecule has 162 valence electrons. The van der Waals surface area contributed by atoms with Gasteiger partial charge in [0.1, 0.15) is 24.7 Å². The van der Waals surface area contributed by atoms with Gasteiger partial charge < -0.3 is 19.3 Å². The van der Waals surface area contributed by atoms with Crippen LogP contribution >= 0.6 is 0 Å². The van der Waals surface area contributed by atoms with Gasteiger partial charge in [-0.05, 0) is 66.8 Å². The van der Waals surface area contributed by atoms with E-state index < -0.39 is 0 Å². The van der Waals surface area contributed by atoms with Crippen LogP contribution in [0.4, 0.5) is 0 Å². The molecule has 0 unspecified atom stereocenters. The highest BCUT2D eigenvalue weighted by Gasteiger charge is 2.19. The summed E-state index contributed by atoms with van der Waals surface area (Å²) < 4.78 is 16.4. The van der Waals surface area contributed by atoms with Crippen LogP contribution in [0.25, 0.3) is 0 Å². The van der Waals surface area contributed by atoms with E-state index in [2.05, 4.69) is 20.8 Å². The van der Waals surface area contributed by atoms with Crippen molar-refractivity contribution in [3.8, 4) is 11.5 Å². The summed E-state index contributed by atoms with van der Waals surface area (Å²) in [7, 11) is 0. The van der Waals surface area contributed by atoms with Gasteiger partial charge >= 0.3 is 0 Å². The fourth-order valence-electron chi connectivity index (χ4n) is 2.70. The first-order valence-electron chi connectivity index (χ1n) is 10.1. The molecule has 2 aromatic rings. The van der Waals surface area contributed by atoms with Crippen molar-refractivity contribution >= 4 is 5.78 Å². The Morgan fingerprint density at radius 1 is 0.967 bits per heavy atom. The highest BCUT2D eigenvalue weighted by Crippen LogP contribution is 2.29. The predicted molar refractivity (Wildman–Crippen MR) is 118 cm³/mol. The van der Waals surface area contributed by atoms with Crippen LogP contribution in [0.3, 0.4) is 0 Å². The molecule has 0 aliphatic carbocycles. The molecule has 0 heterocycles.